The molecule has 0 radical (unpaired) electrons. The molecule has 0 bridgehead atoms. The maximum absolute atomic E-state index is 12.5. The molecule has 1 saturated carbocycles. The molecular formula is C21H38O4. The van der Waals surface area contributed by atoms with E-state index < -0.39 is 5.97 Å². The second-order valence-electron chi connectivity index (χ2n) is 7.64. The number of carbonyl (C=O) groups excluding carboxylic acids is 1. The highest BCUT2D eigenvalue weighted by Crippen LogP contribution is 2.30. The van der Waals surface area contributed by atoms with Crippen molar-refractivity contribution >= 4 is 11.9 Å². The van der Waals surface area contributed by atoms with Crippen LogP contribution in [0.25, 0.3) is 0 Å². The molecule has 0 heterocycles. The van der Waals surface area contributed by atoms with Crippen LogP contribution in [0.5, 0.6) is 0 Å². The van der Waals surface area contributed by atoms with E-state index in [1.165, 1.54) is 38.5 Å². The summed E-state index contributed by atoms with van der Waals surface area (Å²) in [6.45, 7) is 4.40. The molecule has 0 aromatic heterocycles. The maximum atomic E-state index is 12.5. The van der Waals surface area contributed by atoms with E-state index in [9.17, 15) is 9.59 Å². The van der Waals surface area contributed by atoms with Gasteiger partial charge in [-0.05, 0) is 51.4 Å². The van der Waals surface area contributed by atoms with Crippen molar-refractivity contribution in [3.8, 4) is 0 Å². The lowest BCUT2D eigenvalue weighted by molar-refractivity contribution is -0.158. The number of rotatable bonds is 13. The summed E-state index contributed by atoms with van der Waals surface area (Å²) in [7, 11) is 0. The summed E-state index contributed by atoms with van der Waals surface area (Å²) < 4.78 is 5.85. The topological polar surface area (TPSA) is 63.6 Å². The number of carbonyl (C=O) groups is 2. The Hall–Kier alpha value is -1.06. The van der Waals surface area contributed by atoms with Gasteiger partial charge in [0.15, 0.2) is 0 Å². The standard InChI is InChI=1S/C21H38O4/c1-3-5-7-8-10-12-19(11-9-6-4-2)25-21(24)18-15-13-17(14-16-18)20(22)23/h17-19H,3-16H2,1-2H3,(H,22,23). The fourth-order valence-electron chi connectivity index (χ4n) is 3.70. The van der Waals surface area contributed by atoms with Crippen LogP contribution in [0.1, 0.15) is 104 Å². The lowest BCUT2D eigenvalue weighted by atomic mass is 9.82. The van der Waals surface area contributed by atoms with Crippen molar-refractivity contribution in [2.75, 3.05) is 0 Å². The number of unbranched alkanes of at least 4 members (excludes halogenated alkanes) is 6. The smallest absolute Gasteiger partial charge is 0.309 e. The lowest BCUT2D eigenvalue weighted by Crippen LogP contribution is -2.29. The van der Waals surface area contributed by atoms with Gasteiger partial charge in [-0.1, -0.05) is 52.4 Å². The summed E-state index contributed by atoms with van der Waals surface area (Å²) in [4.78, 5) is 23.5. The molecule has 1 rings (SSSR count). The highest BCUT2D eigenvalue weighted by atomic mass is 16.5. The average molecular weight is 355 g/mol. The van der Waals surface area contributed by atoms with Gasteiger partial charge in [-0.15, -0.1) is 0 Å². The number of carboxylic acids is 1. The first-order valence-corrected chi connectivity index (χ1v) is 10.5. The molecule has 1 aliphatic rings. The Labute approximate surface area is 153 Å². The van der Waals surface area contributed by atoms with Gasteiger partial charge < -0.3 is 9.84 Å². The van der Waals surface area contributed by atoms with Crippen LogP contribution in [-0.2, 0) is 14.3 Å². The normalized spacial score (nSPS) is 21.7. The molecule has 1 N–H and O–H groups in total. The zero-order chi connectivity index (χ0) is 18.5. The molecule has 1 aliphatic carbocycles. The molecular weight excluding hydrogens is 316 g/mol. The molecule has 4 nitrogen and oxygen atoms in total. The van der Waals surface area contributed by atoms with Crippen molar-refractivity contribution in [3.63, 3.8) is 0 Å². The van der Waals surface area contributed by atoms with Crippen molar-refractivity contribution in [1.82, 2.24) is 0 Å². The first-order chi connectivity index (χ1) is 12.1. The molecule has 0 amide bonds. The third-order valence-electron chi connectivity index (χ3n) is 5.45. The fraction of sp³-hybridized carbons (Fsp3) is 0.905. The van der Waals surface area contributed by atoms with Gasteiger partial charge in [-0.2, -0.15) is 0 Å². The van der Waals surface area contributed by atoms with Crippen LogP contribution in [0.4, 0.5) is 0 Å². The summed E-state index contributed by atoms with van der Waals surface area (Å²) in [6, 6.07) is 0. The SMILES string of the molecule is CCCCCCCC(CCCCC)OC(=O)C1CCC(C(=O)O)CC1. The van der Waals surface area contributed by atoms with Gasteiger partial charge in [-0.25, -0.2) is 0 Å². The third-order valence-corrected chi connectivity index (χ3v) is 5.45. The van der Waals surface area contributed by atoms with Gasteiger partial charge in [0, 0.05) is 0 Å². The number of hydrogen-bond donors (Lipinski definition) is 1. The van der Waals surface area contributed by atoms with E-state index in [0.717, 1.165) is 25.7 Å². The monoisotopic (exact) mass is 354 g/mol. The molecule has 0 aliphatic heterocycles. The van der Waals surface area contributed by atoms with E-state index in [1.807, 2.05) is 0 Å². The number of esters is 1. The second-order valence-corrected chi connectivity index (χ2v) is 7.64. The van der Waals surface area contributed by atoms with E-state index in [2.05, 4.69) is 13.8 Å². The van der Waals surface area contributed by atoms with Crippen molar-refractivity contribution in [2.24, 2.45) is 11.8 Å². The molecule has 1 unspecified atom stereocenters. The zero-order valence-corrected chi connectivity index (χ0v) is 16.3. The number of hydrogen-bond acceptors (Lipinski definition) is 3. The van der Waals surface area contributed by atoms with Crippen LogP contribution in [0.3, 0.4) is 0 Å². The van der Waals surface area contributed by atoms with Gasteiger partial charge in [0.25, 0.3) is 0 Å². The van der Waals surface area contributed by atoms with E-state index in [1.54, 1.807) is 0 Å². The molecule has 0 spiro atoms. The van der Waals surface area contributed by atoms with Crippen molar-refractivity contribution < 1.29 is 19.4 Å². The minimum absolute atomic E-state index is 0.0536. The third kappa shape index (κ3) is 9.27. The molecule has 25 heavy (non-hydrogen) atoms. The van der Waals surface area contributed by atoms with Gasteiger partial charge >= 0.3 is 11.9 Å². The van der Waals surface area contributed by atoms with E-state index in [-0.39, 0.29) is 23.9 Å². The summed E-state index contributed by atoms with van der Waals surface area (Å²) in [5.41, 5.74) is 0. The van der Waals surface area contributed by atoms with Crippen molar-refractivity contribution in [3.05, 3.63) is 0 Å². The van der Waals surface area contributed by atoms with Crippen LogP contribution >= 0.6 is 0 Å². The highest BCUT2D eigenvalue weighted by molar-refractivity contribution is 5.74. The Balaban J connectivity index is 2.37. The zero-order valence-electron chi connectivity index (χ0n) is 16.3. The summed E-state index contributed by atoms with van der Waals surface area (Å²) in [6.07, 6.45) is 14.2. The minimum atomic E-state index is -0.726. The Morgan fingerprint density at radius 3 is 1.88 bits per heavy atom. The quantitative estimate of drug-likeness (QED) is 0.339. The van der Waals surface area contributed by atoms with Crippen LogP contribution in [0, 0.1) is 11.8 Å². The molecule has 0 aromatic carbocycles. The Morgan fingerprint density at radius 2 is 1.32 bits per heavy atom. The van der Waals surface area contributed by atoms with E-state index in [0.29, 0.717) is 25.7 Å². The van der Waals surface area contributed by atoms with E-state index in [4.69, 9.17) is 9.84 Å². The predicted octanol–water partition coefficient (Wildman–Crippen LogP) is 5.73. The first kappa shape index (κ1) is 22.0. The summed E-state index contributed by atoms with van der Waals surface area (Å²) >= 11 is 0. The van der Waals surface area contributed by atoms with Crippen LogP contribution < -0.4 is 0 Å². The summed E-state index contributed by atoms with van der Waals surface area (Å²) in [5, 5.41) is 9.07. The van der Waals surface area contributed by atoms with Crippen molar-refractivity contribution in [2.45, 2.75) is 110 Å². The lowest BCUT2D eigenvalue weighted by Gasteiger charge is -2.27. The maximum Gasteiger partial charge on any atom is 0.309 e. The van der Waals surface area contributed by atoms with Crippen molar-refractivity contribution in [1.29, 1.82) is 0 Å². The second kappa shape index (κ2) is 13.2. The molecule has 1 fully saturated rings. The Kier molecular flexibility index (Phi) is 11.6. The Bertz CT molecular complexity index is 372. The molecule has 0 saturated heterocycles. The van der Waals surface area contributed by atoms with Gasteiger partial charge in [0.1, 0.15) is 6.10 Å². The molecule has 1 atom stereocenters. The van der Waals surface area contributed by atoms with Gasteiger partial charge in [0.05, 0.1) is 11.8 Å². The fourth-order valence-corrected chi connectivity index (χ4v) is 3.70. The minimum Gasteiger partial charge on any atom is -0.481 e. The first-order valence-electron chi connectivity index (χ1n) is 10.5. The number of ether oxygens (including phenoxy) is 1. The molecule has 0 aromatic rings. The van der Waals surface area contributed by atoms with Gasteiger partial charge in [-0.3, -0.25) is 9.59 Å². The number of carboxylic acid groups (broad SMARTS) is 1. The van der Waals surface area contributed by atoms with E-state index >= 15 is 0 Å². The largest absolute Gasteiger partial charge is 0.481 e. The predicted molar refractivity (Wildman–Crippen MR) is 100 cm³/mol. The average Bonchev–Trinajstić information content (AvgIpc) is 2.61. The van der Waals surface area contributed by atoms with Crippen LogP contribution in [-0.4, -0.2) is 23.1 Å². The van der Waals surface area contributed by atoms with Crippen LogP contribution in [0.2, 0.25) is 0 Å². The Morgan fingerprint density at radius 1 is 0.840 bits per heavy atom. The van der Waals surface area contributed by atoms with Crippen LogP contribution in [0.15, 0.2) is 0 Å². The highest BCUT2D eigenvalue weighted by Gasteiger charge is 2.31. The van der Waals surface area contributed by atoms with Gasteiger partial charge in [0.2, 0.25) is 0 Å². The molecule has 146 valence electrons. The number of aliphatic carboxylic acids is 1. The molecule has 4 heteroatoms. The summed E-state index contributed by atoms with van der Waals surface area (Å²) in [5.74, 6) is -1.18.